The summed E-state index contributed by atoms with van der Waals surface area (Å²) in [5.74, 6) is -1.99. The molecule has 17 heavy (non-hydrogen) atoms. The molecule has 90 valence electrons. The number of carbonyl (C=O) groups excluding carboxylic acids is 2. The van der Waals surface area contributed by atoms with Crippen molar-refractivity contribution in [3.8, 4) is 0 Å². The van der Waals surface area contributed by atoms with E-state index in [-0.39, 0.29) is 18.9 Å². The monoisotopic (exact) mass is 252 g/mol. The molecule has 0 spiro atoms. The van der Waals surface area contributed by atoms with Crippen LogP contribution in [0.2, 0.25) is 5.02 Å². The van der Waals surface area contributed by atoms with Gasteiger partial charge in [0.25, 0.3) is 0 Å². The number of carboxylic acid groups (broad SMARTS) is 1. The van der Waals surface area contributed by atoms with Gasteiger partial charge in [-0.3, -0.25) is 4.79 Å². The Morgan fingerprint density at radius 2 is 2.06 bits per heavy atom. The maximum Gasteiger partial charge on any atom is 0.223 e. The second kappa shape index (κ2) is 4.75. The van der Waals surface area contributed by atoms with Crippen LogP contribution >= 0.6 is 11.6 Å². The first kappa shape index (κ1) is 11.9. The van der Waals surface area contributed by atoms with Gasteiger partial charge in [0.15, 0.2) is 0 Å². The molecule has 0 N–H and O–H groups in total. The van der Waals surface area contributed by atoms with Crippen LogP contribution in [0.15, 0.2) is 24.3 Å². The van der Waals surface area contributed by atoms with E-state index < -0.39 is 11.9 Å². The molecule has 1 aromatic carbocycles. The molecule has 5 heteroatoms. The highest BCUT2D eigenvalue weighted by Gasteiger charge is 2.30. The standard InChI is InChI=1S/C12H12ClNO3/c13-10-3-1-8(2-4-10)6-14-7-9(12(16)17)5-11(14)15/h1-4,9H,5-7H2,(H,16,17)/p-1. The fourth-order valence-corrected chi connectivity index (χ4v) is 2.02. The van der Waals surface area contributed by atoms with Gasteiger partial charge in [-0.2, -0.15) is 0 Å². The van der Waals surface area contributed by atoms with E-state index >= 15 is 0 Å². The van der Waals surface area contributed by atoms with Gasteiger partial charge in [0.2, 0.25) is 5.91 Å². The van der Waals surface area contributed by atoms with Crippen LogP contribution in [0, 0.1) is 5.92 Å². The molecule has 0 radical (unpaired) electrons. The number of nitrogens with zero attached hydrogens (tertiary/aromatic N) is 1. The summed E-state index contributed by atoms with van der Waals surface area (Å²) in [6.45, 7) is 0.642. The number of hydrogen-bond donors (Lipinski definition) is 0. The lowest BCUT2D eigenvalue weighted by atomic mass is 10.1. The third-order valence-corrected chi connectivity index (χ3v) is 3.09. The summed E-state index contributed by atoms with van der Waals surface area (Å²) in [4.78, 5) is 23.8. The van der Waals surface area contributed by atoms with E-state index in [1.807, 2.05) is 12.1 Å². The summed E-state index contributed by atoms with van der Waals surface area (Å²) in [7, 11) is 0. The summed E-state index contributed by atoms with van der Waals surface area (Å²) in [5, 5.41) is 11.3. The first-order valence-corrected chi connectivity index (χ1v) is 5.67. The average Bonchev–Trinajstić information content (AvgIpc) is 2.64. The number of hydrogen-bond acceptors (Lipinski definition) is 3. The van der Waals surface area contributed by atoms with Gasteiger partial charge in [0.05, 0.1) is 0 Å². The van der Waals surface area contributed by atoms with Crippen LogP contribution in [0.25, 0.3) is 0 Å². The van der Waals surface area contributed by atoms with Crippen LogP contribution in [0.1, 0.15) is 12.0 Å². The van der Waals surface area contributed by atoms with Crippen molar-refractivity contribution in [3.63, 3.8) is 0 Å². The Morgan fingerprint density at radius 3 is 2.59 bits per heavy atom. The number of rotatable bonds is 3. The van der Waals surface area contributed by atoms with E-state index in [0.717, 1.165) is 5.56 Å². The van der Waals surface area contributed by atoms with E-state index in [4.69, 9.17) is 11.6 Å². The number of aliphatic carboxylic acids is 1. The Hall–Kier alpha value is -1.55. The molecule has 1 aromatic rings. The van der Waals surface area contributed by atoms with Crippen molar-refractivity contribution in [1.29, 1.82) is 0 Å². The van der Waals surface area contributed by atoms with Gasteiger partial charge in [0, 0.05) is 36.4 Å². The van der Waals surface area contributed by atoms with Gasteiger partial charge in [-0.15, -0.1) is 0 Å². The van der Waals surface area contributed by atoms with Gasteiger partial charge < -0.3 is 14.8 Å². The third-order valence-electron chi connectivity index (χ3n) is 2.83. The maximum atomic E-state index is 11.6. The quantitative estimate of drug-likeness (QED) is 0.784. The molecule has 1 aliphatic rings. The minimum Gasteiger partial charge on any atom is -0.550 e. The molecule has 0 saturated carbocycles. The third kappa shape index (κ3) is 2.77. The number of likely N-dealkylation sites (tertiary alicyclic amines) is 1. The van der Waals surface area contributed by atoms with E-state index in [9.17, 15) is 14.7 Å². The van der Waals surface area contributed by atoms with Gasteiger partial charge >= 0.3 is 0 Å². The molecule has 1 unspecified atom stereocenters. The summed E-state index contributed by atoms with van der Waals surface area (Å²) in [5.41, 5.74) is 0.932. The molecule has 1 heterocycles. The Kier molecular flexibility index (Phi) is 3.33. The molecular weight excluding hydrogens is 242 g/mol. The van der Waals surface area contributed by atoms with Gasteiger partial charge in [-0.1, -0.05) is 23.7 Å². The number of amides is 1. The van der Waals surface area contributed by atoms with Crippen LogP contribution < -0.4 is 5.11 Å². The minimum atomic E-state index is -1.16. The van der Waals surface area contributed by atoms with Gasteiger partial charge in [0.1, 0.15) is 0 Å². The number of halogens is 1. The molecule has 1 fully saturated rings. The molecule has 0 aliphatic carbocycles. The zero-order valence-electron chi connectivity index (χ0n) is 9.06. The van der Waals surface area contributed by atoms with Gasteiger partial charge in [-0.05, 0) is 17.7 Å². The lowest BCUT2D eigenvalue weighted by Gasteiger charge is -2.17. The van der Waals surface area contributed by atoms with Crippen molar-refractivity contribution < 1.29 is 14.7 Å². The molecule has 1 saturated heterocycles. The molecule has 4 nitrogen and oxygen atoms in total. The maximum absolute atomic E-state index is 11.6. The SMILES string of the molecule is O=C([O-])C1CC(=O)N(Cc2ccc(Cl)cc2)C1. The largest absolute Gasteiger partial charge is 0.550 e. The van der Waals surface area contributed by atoms with Gasteiger partial charge in [-0.25, -0.2) is 0 Å². The van der Waals surface area contributed by atoms with Crippen LogP contribution in [-0.4, -0.2) is 23.3 Å². The highest BCUT2D eigenvalue weighted by molar-refractivity contribution is 6.30. The van der Waals surface area contributed by atoms with E-state index in [0.29, 0.717) is 11.6 Å². The lowest BCUT2D eigenvalue weighted by Crippen LogP contribution is -2.33. The van der Waals surface area contributed by atoms with E-state index in [1.165, 1.54) is 4.90 Å². The van der Waals surface area contributed by atoms with Crippen LogP contribution in [0.4, 0.5) is 0 Å². The summed E-state index contributed by atoms with van der Waals surface area (Å²) >= 11 is 5.76. The Labute approximate surface area is 104 Å². The first-order chi connectivity index (χ1) is 8.06. The second-order valence-corrected chi connectivity index (χ2v) is 4.56. The summed E-state index contributed by atoms with van der Waals surface area (Å²) < 4.78 is 0. The fraction of sp³-hybridized carbons (Fsp3) is 0.333. The predicted molar refractivity (Wildman–Crippen MR) is 60.0 cm³/mol. The number of carboxylic acids is 1. The highest BCUT2D eigenvalue weighted by atomic mass is 35.5. The smallest absolute Gasteiger partial charge is 0.223 e. The zero-order chi connectivity index (χ0) is 12.4. The summed E-state index contributed by atoms with van der Waals surface area (Å²) in [6, 6.07) is 7.13. The van der Waals surface area contributed by atoms with Crippen molar-refractivity contribution in [2.45, 2.75) is 13.0 Å². The first-order valence-electron chi connectivity index (χ1n) is 5.29. The number of benzene rings is 1. The topological polar surface area (TPSA) is 60.4 Å². The van der Waals surface area contributed by atoms with Crippen LogP contribution in [0.3, 0.4) is 0 Å². The van der Waals surface area contributed by atoms with Crippen molar-refractivity contribution in [2.24, 2.45) is 5.92 Å². The Morgan fingerprint density at radius 1 is 1.41 bits per heavy atom. The van der Waals surface area contributed by atoms with Crippen molar-refractivity contribution in [1.82, 2.24) is 4.90 Å². The van der Waals surface area contributed by atoms with Crippen LogP contribution in [-0.2, 0) is 16.1 Å². The van der Waals surface area contributed by atoms with E-state index in [1.54, 1.807) is 12.1 Å². The second-order valence-electron chi connectivity index (χ2n) is 4.12. The molecule has 1 atom stereocenters. The van der Waals surface area contributed by atoms with Crippen molar-refractivity contribution in [2.75, 3.05) is 6.54 Å². The van der Waals surface area contributed by atoms with E-state index in [2.05, 4.69) is 0 Å². The molecule has 0 bridgehead atoms. The zero-order valence-corrected chi connectivity index (χ0v) is 9.81. The molecular formula is C12H11ClNO3-. The van der Waals surface area contributed by atoms with Crippen molar-refractivity contribution in [3.05, 3.63) is 34.9 Å². The normalized spacial score (nSPS) is 19.7. The number of carbonyl (C=O) groups is 2. The fourth-order valence-electron chi connectivity index (χ4n) is 1.89. The molecule has 2 rings (SSSR count). The molecule has 1 aliphatic heterocycles. The molecule has 0 aromatic heterocycles. The Balaban J connectivity index is 2.02. The predicted octanol–water partition coefficient (Wildman–Crippen LogP) is 0.438. The minimum absolute atomic E-state index is 0.0376. The summed E-state index contributed by atoms with van der Waals surface area (Å²) in [6.07, 6.45) is 0.0376. The van der Waals surface area contributed by atoms with Crippen LogP contribution in [0.5, 0.6) is 0 Å². The highest BCUT2D eigenvalue weighted by Crippen LogP contribution is 2.20. The average molecular weight is 253 g/mol. The lowest BCUT2D eigenvalue weighted by molar-refractivity contribution is -0.311. The Bertz CT molecular complexity index is 444. The van der Waals surface area contributed by atoms with Crippen molar-refractivity contribution >= 4 is 23.5 Å². The molecule has 1 amide bonds.